The molecule has 3 rings (SSSR count). The van der Waals surface area contributed by atoms with Crippen molar-refractivity contribution in [1.29, 1.82) is 0 Å². The van der Waals surface area contributed by atoms with Crippen LogP contribution in [-0.2, 0) is 27.7 Å². The van der Waals surface area contributed by atoms with Crippen LogP contribution in [-0.4, -0.2) is 39.5 Å². The number of halogens is 3. The zero-order valence-electron chi connectivity index (χ0n) is 16.0. The van der Waals surface area contributed by atoms with Crippen LogP contribution in [0, 0.1) is 0 Å². The number of anilines is 1. The van der Waals surface area contributed by atoms with E-state index in [1.165, 1.54) is 28.6 Å². The summed E-state index contributed by atoms with van der Waals surface area (Å²) < 4.78 is 66.8. The predicted octanol–water partition coefficient (Wildman–Crippen LogP) is 3.03. The summed E-state index contributed by atoms with van der Waals surface area (Å²) >= 11 is 0. The van der Waals surface area contributed by atoms with Crippen molar-refractivity contribution in [2.45, 2.75) is 25.6 Å². The molecule has 1 aliphatic rings. The Bertz CT molecular complexity index is 992. The summed E-state index contributed by atoms with van der Waals surface area (Å²) in [5.74, 6) is -0.872. The van der Waals surface area contributed by atoms with E-state index in [2.05, 4.69) is 10.1 Å². The van der Waals surface area contributed by atoms with E-state index in [1.807, 2.05) is 12.1 Å². The molecule has 0 unspecified atom stereocenters. The van der Waals surface area contributed by atoms with E-state index in [0.717, 1.165) is 5.56 Å². The lowest BCUT2D eigenvalue weighted by atomic mass is 10.1. The van der Waals surface area contributed by atoms with Crippen molar-refractivity contribution < 1.29 is 31.1 Å². The van der Waals surface area contributed by atoms with Gasteiger partial charge in [0.15, 0.2) is 0 Å². The van der Waals surface area contributed by atoms with Gasteiger partial charge >= 0.3 is 6.36 Å². The number of nitrogens with zero attached hydrogens (tertiary/aromatic N) is 1. The number of benzene rings is 2. The van der Waals surface area contributed by atoms with Crippen molar-refractivity contribution in [3.63, 3.8) is 0 Å². The van der Waals surface area contributed by atoms with Crippen molar-refractivity contribution in [2.24, 2.45) is 0 Å². The molecule has 30 heavy (non-hydrogen) atoms. The molecule has 2 aromatic carbocycles. The second-order valence-corrected chi connectivity index (χ2v) is 8.82. The van der Waals surface area contributed by atoms with Crippen LogP contribution in [0.4, 0.5) is 18.9 Å². The molecule has 2 aromatic rings. The number of sulfonamides is 1. The Morgan fingerprint density at radius 2 is 1.80 bits per heavy atom. The molecule has 0 fully saturated rings. The van der Waals surface area contributed by atoms with Gasteiger partial charge in [-0.3, -0.25) is 9.10 Å². The molecule has 1 aliphatic heterocycles. The van der Waals surface area contributed by atoms with Crippen LogP contribution in [0.3, 0.4) is 0 Å². The van der Waals surface area contributed by atoms with Gasteiger partial charge in [0.05, 0.1) is 11.4 Å². The standard InChI is InChI=1S/C20H21F3N2O4S/c21-20(22,23)29-17-8-5-15(6-9-17)7-10-19(26)24-12-14-30(27,28)25-13-11-16-3-1-2-4-18(16)25/h1-6,8-9H,7,10-14H2,(H,24,26). The Balaban J connectivity index is 1.43. The molecule has 162 valence electrons. The van der Waals surface area contributed by atoms with Crippen LogP contribution in [0.5, 0.6) is 5.75 Å². The number of alkyl halides is 3. The number of amides is 1. The average Bonchev–Trinajstić information content (AvgIpc) is 3.11. The molecule has 1 N–H and O–H groups in total. The number of hydrogen-bond acceptors (Lipinski definition) is 4. The number of carbonyl (C=O) groups excluding carboxylic acids is 1. The second-order valence-electron chi connectivity index (χ2n) is 6.81. The fraction of sp³-hybridized carbons (Fsp3) is 0.350. The lowest BCUT2D eigenvalue weighted by Gasteiger charge is -2.19. The highest BCUT2D eigenvalue weighted by molar-refractivity contribution is 7.92. The van der Waals surface area contributed by atoms with Gasteiger partial charge in [0, 0.05) is 19.5 Å². The van der Waals surface area contributed by atoms with Gasteiger partial charge in [0.2, 0.25) is 15.9 Å². The van der Waals surface area contributed by atoms with E-state index in [4.69, 9.17) is 0 Å². The van der Waals surface area contributed by atoms with Crippen LogP contribution in [0.15, 0.2) is 48.5 Å². The van der Waals surface area contributed by atoms with Crippen LogP contribution in [0.2, 0.25) is 0 Å². The van der Waals surface area contributed by atoms with Crippen molar-refractivity contribution in [3.8, 4) is 5.75 Å². The first kappa shape index (κ1) is 21.9. The fourth-order valence-corrected chi connectivity index (χ4v) is 4.66. The summed E-state index contributed by atoms with van der Waals surface area (Å²) in [6.07, 6.45) is -3.69. The third-order valence-electron chi connectivity index (χ3n) is 4.66. The highest BCUT2D eigenvalue weighted by Gasteiger charge is 2.31. The monoisotopic (exact) mass is 442 g/mol. The molecular weight excluding hydrogens is 421 g/mol. The highest BCUT2D eigenvalue weighted by atomic mass is 32.2. The molecule has 0 atom stereocenters. The minimum Gasteiger partial charge on any atom is -0.406 e. The summed E-state index contributed by atoms with van der Waals surface area (Å²) in [5.41, 5.74) is 2.33. The zero-order chi connectivity index (χ0) is 21.8. The largest absolute Gasteiger partial charge is 0.573 e. The predicted molar refractivity (Wildman–Crippen MR) is 106 cm³/mol. The summed E-state index contributed by atoms with van der Waals surface area (Å²) in [6, 6.07) is 12.6. The SMILES string of the molecule is O=C(CCc1ccc(OC(F)(F)F)cc1)NCCS(=O)(=O)N1CCc2ccccc21. The Morgan fingerprint density at radius 3 is 2.50 bits per heavy atom. The van der Waals surface area contributed by atoms with Gasteiger partial charge in [-0.25, -0.2) is 8.42 Å². The van der Waals surface area contributed by atoms with Crippen LogP contribution >= 0.6 is 0 Å². The Kier molecular flexibility index (Phi) is 6.55. The van der Waals surface area contributed by atoms with E-state index >= 15 is 0 Å². The van der Waals surface area contributed by atoms with Gasteiger partial charge in [-0.05, 0) is 42.2 Å². The Labute approximate surface area is 172 Å². The van der Waals surface area contributed by atoms with E-state index in [-0.39, 0.29) is 30.4 Å². The number of aryl methyl sites for hydroxylation is 1. The summed E-state index contributed by atoms with van der Waals surface area (Å²) in [7, 11) is -3.54. The Morgan fingerprint density at radius 1 is 1.10 bits per heavy atom. The summed E-state index contributed by atoms with van der Waals surface area (Å²) in [5, 5.41) is 2.58. The molecule has 0 spiro atoms. The summed E-state index contributed by atoms with van der Waals surface area (Å²) in [4.78, 5) is 12.0. The number of hydrogen-bond donors (Lipinski definition) is 1. The zero-order valence-corrected chi connectivity index (χ0v) is 16.8. The lowest BCUT2D eigenvalue weighted by Crippen LogP contribution is -2.37. The quantitative estimate of drug-likeness (QED) is 0.682. The molecule has 0 aromatic heterocycles. The third-order valence-corrected chi connectivity index (χ3v) is 6.43. The molecule has 0 aliphatic carbocycles. The number of ether oxygens (including phenoxy) is 1. The van der Waals surface area contributed by atoms with Gasteiger partial charge in [-0.15, -0.1) is 13.2 Å². The fourth-order valence-electron chi connectivity index (χ4n) is 3.23. The summed E-state index contributed by atoms with van der Waals surface area (Å²) in [6.45, 7) is 0.377. The van der Waals surface area contributed by atoms with Crippen LogP contribution in [0.25, 0.3) is 0 Å². The maximum absolute atomic E-state index is 12.6. The number of nitrogens with one attached hydrogen (secondary N) is 1. The van der Waals surface area contributed by atoms with Crippen molar-refractivity contribution in [1.82, 2.24) is 5.32 Å². The van der Waals surface area contributed by atoms with E-state index in [0.29, 0.717) is 30.6 Å². The van der Waals surface area contributed by atoms with Gasteiger partial charge in [-0.1, -0.05) is 30.3 Å². The lowest BCUT2D eigenvalue weighted by molar-refractivity contribution is -0.274. The molecule has 10 heteroatoms. The van der Waals surface area contributed by atoms with Gasteiger partial charge < -0.3 is 10.1 Å². The number of para-hydroxylation sites is 1. The molecular formula is C20H21F3N2O4S. The molecule has 0 saturated heterocycles. The molecule has 1 amide bonds. The van der Waals surface area contributed by atoms with Crippen LogP contribution < -0.4 is 14.4 Å². The molecule has 0 radical (unpaired) electrons. The Hall–Kier alpha value is -2.75. The van der Waals surface area contributed by atoms with E-state index in [9.17, 15) is 26.4 Å². The highest BCUT2D eigenvalue weighted by Crippen LogP contribution is 2.29. The number of rotatable bonds is 8. The first-order valence-electron chi connectivity index (χ1n) is 9.34. The van der Waals surface area contributed by atoms with E-state index in [1.54, 1.807) is 12.1 Å². The maximum Gasteiger partial charge on any atom is 0.573 e. The minimum absolute atomic E-state index is 0.0157. The van der Waals surface area contributed by atoms with E-state index < -0.39 is 16.4 Å². The van der Waals surface area contributed by atoms with Crippen molar-refractivity contribution in [2.75, 3.05) is 23.1 Å². The maximum atomic E-state index is 12.6. The number of fused-ring (bicyclic) bond motifs is 1. The topological polar surface area (TPSA) is 75.7 Å². The smallest absolute Gasteiger partial charge is 0.406 e. The van der Waals surface area contributed by atoms with Crippen molar-refractivity contribution >= 4 is 21.6 Å². The number of carbonyl (C=O) groups is 1. The third kappa shape index (κ3) is 5.88. The average molecular weight is 442 g/mol. The molecule has 0 bridgehead atoms. The van der Waals surface area contributed by atoms with Gasteiger partial charge in [0.25, 0.3) is 0 Å². The molecule has 6 nitrogen and oxygen atoms in total. The van der Waals surface area contributed by atoms with Gasteiger partial charge in [-0.2, -0.15) is 0 Å². The molecule has 1 heterocycles. The minimum atomic E-state index is -4.75. The normalized spacial score (nSPS) is 13.8. The second kappa shape index (κ2) is 8.95. The van der Waals surface area contributed by atoms with Crippen LogP contribution in [0.1, 0.15) is 17.5 Å². The first-order valence-corrected chi connectivity index (χ1v) is 10.9. The first-order chi connectivity index (χ1) is 14.1. The van der Waals surface area contributed by atoms with Crippen molar-refractivity contribution in [3.05, 3.63) is 59.7 Å². The molecule has 0 saturated carbocycles. The van der Waals surface area contributed by atoms with Gasteiger partial charge in [0.1, 0.15) is 5.75 Å².